The molecule has 8 heavy (non-hydrogen) atoms. The molecular weight excluding hydrogens is 104 g/mol. The van der Waals surface area contributed by atoms with E-state index in [2.05, 4.69) is 6.58 Å². The number of aliphatic hydroxyl groups excluding tert-OH is 1. The lowest BCUT2D eigenvalue weighted by atomic mass is 10.4. The second-order valence-electron chi connectivity index (χ2n) is 1.22. The summed E-state index contributed by atoms with van der Waals surface area (Å²) in [5.74, 6) is -0.301. The Morgan fingerprint density at radius 1 is 1.75 bits per heavy atom. The van der Waals surface area contributed by atoms with Gasteiger partial charge in [0.2, 0.25) is 0 Å². The number of allylic oxidation sites excluding steroid dienone is 2. The van der Waals surface area contributed by atoms with Crippen LogP contribution in [0.25, 0.3) is 0 Å². The van der Waals surface area contributed by atoms with E-state index in [0.29, 0.717) is 0 Å². The first-order valence-corrected chi connectivity index (χ1v) is 2.24. The monoisotopic (exact) mass is 112 g/mol. The summed E-state index contributed by atoms with van der Waals surface area (Å²) in [7, 11) is 0. The molecule has 0 heterocycles. The first kappa shape index (κ1) is 7.11. The summed E-state index contributed by atoms with van der Waals surface area (Å²) in [6.45, 7) is 2.92. The van der Waals surface area contributed by atoms with Gasteiger partial charge in [-0.05, 0) is 6.08 Å². The van der Waals surface area contributed by atoms with Crippen LogP contribution in [-0.4, -0.2) is 17.5 Å². The summed E-state index contributed by atoms with van der Waals surface area (Å²) >= 11 is 0. The molecule has 0 aromatic carbocycles. The Kier molecular flexibility index (Phi) is 3.80. The van der Waals surface area contributed by atoms with Crippen LogP contribution in [-0.2, 0) is 4.79 Å². The van der Waals surface area contributed by atoms with Gasteiger partial charge in [0, 0.05) is 0 Å². The number of hydrogen-bond donors (Lipinski definition) is 1. The summed E-state index contributed by atoms with van der Waals surface area (Å²) in [4.78, 5) is 10.2. The zero-order valence-electron chi connectivity index (χ0n) is 4.50. The van der Waals surface area contributed by atoms with Crippen LogP contribution in [0.15, 0.2) is 24.8 Å². The van der Waals surface area contributed by atoms with Crippen molar-refractivity contribution >= 4 is 5.78 Å². The van der Waals surface area contributed by atoms with Gasteiger partial charge in [-0.25, -0.2) is 0 Å². The third-order valence-electron chi connectivity index (χ3n) is 0.574. The molecule has 0 atom stereocenters. The topological polar surface area (TPSA) is 37.3 Å². The third-order valence-corrected chi connectivity index (χ3v) is 0.574. The third kappa shape index (κ3) is 3.31. The van der Waals surface area contributed by atoms with E-state index in [4.69, 9.17) is 5.11 Å². The molecule has 0 aliphatic heterocycles. The van der Waals surface area contributed by atoms with Crippen LogP contribution in [0.1, 0.15) is 0 Å². The Morgan fingerprint density at radius 2 is 2.38 bits per heavy atom. The van der Waals surface area contributed by atoms with E-state index in [-0.39, 0.29) is 5.78 Å². The van der Waals surface area contributed by atoms with Gasteiger partial charge in [-0.1, -0.05) is 18.7 Å². The highest BCUT2D eigenvalue weighted by Gasteiger charge is 1.86. The van der Waals surface area contributed by atoms with Crippen LogP contribution in [0.5, 0.6) is 0 Å². The van der Waals surface area contributed by atoms with E-state index in [1.165, 1.54) is 18.2 Å². The Balaban J connectivity index is 3.52. The van der Waals surface area contributed by atoms with Gasteiger partial charge in [0.05, 0.1) is 0 Å². The lowest BCUT2D eigenvalue weighted by molar-refractivity contribution is -0.117. The van der Waals surface area contributed by atoms with Gasteiger partial charge in [0.15, 0.2) is 5.78 Å². The average molecular weight is 112 g/mol. The van der Waals surface area contributed by atoms with Gasteiger partial charge in [-0.2, -0.15) is 0 Å². The summed E-state index contributed by atoms with van der Waals surface area (Å²) < 4.78 is 0. The maximum absolute atomic E-state index is 10.2. The van der Waals surface area contributed by atoms with Crippen molar-refractivity contribution in [3.05, 3.63) is 24.8 Å². The summed E-state index contributed by atoms with van der Waals surface area (Å²) in [5.41, 5.74) is 0. The molecule has 2 nitrogen and oxygen atoms in total. The minimum atomic E-state index is -0.426. The number of hydrogen-bond acceptors (Lipinski definition) is 2. The minimum absolute atomic E-state index is 0.301. The Hall–Kier alpha value is -0.890. The fraction of sp³-hybridized carbons (Fsp3) is 0.167. The standard InChI is InChI=1S/C6H8O2/c1-2-3-4-6(8)5-7/h2-4,7H,1,5H2. The molecule has 0 saturated heterocycles. The molecule has 0 aliphatic carbocycles. The van der Waals surface area contributed by atoms with Crippen LogP contribution in [0.3, 0.4) is 0 Å². The SMILES string of the molecule is C=CC=CC(=O)CO. The van der Waals surface area contributed by atoms with Gasteiger partial charge in [-0.3, -0.25) is 4.79 Å². The quantitative estimate of drug-likeness (QED) is 0.421. The predicted octanol–water partition coefficient (Wildman–Crippen LogP) is 0.290. The Bertz CT molecular complexity index is 114. The molecule has 2 heteroatoms. The van der Waals surface area contributed by atoms with Crippen LogP contribution in [0.2, 0.25) is 0 Å². The lowest BCUT2D eigenvalue weighted by Gasteiger charge is -1.78. The second-order valence-corrected chi connectivity index (χ2v) is 1.22. The molecule has 0 aromatic heterocycles. The number of carbonyl (C=O) groups excluding carboxylic acids is 1. The fourth-order valence-corrected chi connectivity index (χ4v) is 0.228. The van der Waals surface area contributed by atoms with Gasteiger partial charge in [0.25, 0.3) is 0 Å². The van der Waals surface area contributed by atoms with Gasteiger partial charge in [-0.15, -0.1) is 0 Å². The van der Waals surface area contributed by atoms with E-state index < -0.39 is 6.61 Å². The number of carbonyl (C=O) groups is 1. The molecule has 0 fully saturated rings. The molecule has 44 valence electrons. The maximum atomic E-state index is 10.2. The summed E-state index contributed by atoms with van der Waals surface area (Å²) in [5, 5.41) is 8.13. The Labute approximate surface area is 48.1 Å². The molecule has 0 saturated carbocycles. The molecule has 0 aromatic rings. The second kappa shape index (κ2) is 4.27. The largest absolute Gasteiger partial charge is 0.388 e. The molecule has 0 amide bonds. The van der Waals surface area contributed by atoms with Crippen LogP contribution in [0, 0.1) is 0 Å². The van der Waals surface area contributed by atoms with Crippen molar-refractivity contribution in [3.63, 3.8) is 0 Å². The van der Waals surface area contributed by atoms with Crippen LogP contribution in [0.4, 0.5) is 0 Å². The molecule has 0 bridgehead atoms. The maximum Gasteiger partial charge on any atom is 0.180 e. The minimum Gasteiger partial charge on any atom is -0.388 e. The van der Waals surface area contributed by atoms with Crippen molar-refractivity contribution in [1.29, 1.82) is 0 Å². The van der Waals surface area contributed by atoms with Crippen molar-refractivity contribution < 1.29 is 9.90 Å². The highest BCUT2D eigenvalue weighted by atomic mass is 16.3. The van der Waals surface area contributed by atoms with Crippen molar-refractivity contribution in [2.45, 2.75) is 0 Å². The predicted molar refractivity (Wildman–Crippen MR) is 31.4 cm³/mol. The van der Waals surface area contributed by atoms with Crippen LogP contribution < -0.4 is 0 Å². The molecule has 0 unspecified atom stereocenters. The molecular formula is C6H8O2. The number of aliphatic hydroxyl groups is 1. The summed E-state index contributed by atoms with van der Waals surface area (Å²) in [6, 6.07) is 0. The molecule has 0 rings (SSSR count). The van der Waals surface area contributed by atoms with Crippen molar-refractivity contribution in [3.8, 4) is 0 Å². The van der Waals surface area contributed by atoms with E-state index in [9.17, 15) is 4.79 Å². The highest BCUT2D eigenvalue weighted by molar-refractivity contribution is 5.90. The van der Waals surface area contributed by atoms with Gasteiger partial charge < -0.3 is 5.11 Å². The number of ketones is 1. The van der Waals surface area contributed by atoms with E-state index in [0.717, 1.165) is 0 Å². The lowest BCUT2D eigenvalue weighted by Crippen LogP contribution is -1.96. The van der Waals surface area contributed by atoms with Gasteiger partial charge >= 0.3 is 0 Å². The molecule has 0 spiro atoms. The van der Waals surface area contributed by atoms with Crippen molar-refractivity contribution in [2.24, 2.45) is 0 Å². The highest BCUT2D eigenvalue weighted by Crippen LogP contribution is 1.74. The zero-order chi connectivity index (χ0) is 6.41. The van der Waals surface area contributed by atoms with Gasteiger partial charge in [0.1, 0.15) is 6.61 Å². The summed E-state index contributed by atoms with van der Waals surface area (Å²) in [6.07, 6.45) is 4.24. The van der Waals surface area contributed by atoms with Crippen molar-refractivity contribution in [1.82, 2.24) is 0 Å². The first-order valence-electron chi connectivity index (χ1n) is 2.24. The Morgan fingerprint density at radius 3 is 2.75 bits per heavy atom. The van der Waals surface area contributed by atoms with Crippen LogP contribution >= 0.6 is 0 Å². The first-order chi connectivity index (χ1) is 3.81. The van der Waals surface area contributed by atoms with E-state index in [1.54, 1.807) is 0 Å². The molecule has 0 radical (unpaired) electrons. The van der Waals surface area contributed by atoms with E-state index >= 15 is 0 Å². The molecule has 1 N–H and O–H groups in total. The fourth-order valence-electron chi connectivity index (χ4n) is 0.228. The smallest absolute Gasteiger partial charge is 0.180 e. The normalized spacial score (nSPS) is 9.62. The van der Waals surface area contributed by atoms with E-state index in [1.807, 2.05) is 0 Å². The molecule has 0 aliphatic rings. The number of rotatable bonds is 3. The van der Waals surface area contributed by atoms with Crippen molar-refractivity contribution in [2.75, 3.05) is 6.61 Å². The zero-order valence-corrected chi connectivity index (χ0v) is 4.50. The average Bonchev–Trinajstić information content (AvgIpc) is 1.83.